The number of nitro groups is 1. The predicted molar refractivity (Wildman–Crippen MR) is 122 cm³/mol. The fourth-order valence-corrected chi connectivity index (χ4v) is 3.72. The van der Waals surface area contributed by atoms with Gasteiger partial charge in [-0.3, -0.25) is 10.1 Å². The summed E-state index contributed by atoms with van der Waals surface area (Å²) in [6.45, 7) is 3.80. The first kappa shape index (κ1) is 21.8. The highest BCUT2D eigenvalue weighted by atomic mass is 16.6. The number of aromatic nitrogens is 1. The van der Waals surface area contributed by atoms with Crippen LogP contribution in [0.4, 0.5) is 5.69 Å². The Kier molecular flexibility index (Phi) is 5.91. The lowest BCUT2D eigenvalue weighted by atomic mass is 10.1. The summed E-state index contributed by atoms with van der Waals surface area (Å²) in [4.78, 5) is 35.6. The van der Waals surface area contributed by atoms with E-state index < -0.39 is 16.9 Å². The Bertz CT molecular complexity index is 1360. The Morgan fingerprint density at radius 2 is 1.67 bits per heavy atom. The molecule has 0 saturated heterocycles. The van der Waals surface area contributed by atoms with Crippen LogP contribution in [0.25, 0.3) is 16.6 Å². The van der Waals surface area contributed by atoms with Gasteiger partial charge in [0.15, 0.2) is 0 Å². The molecular weight excluding hydrogens is 424 g/mol. The zero-order valence-electron chi connectivity index (χ0n) is 18.0. The highest BCUT2D eigenvalue weighted by Gasteiger charge is 2.23. The maximum Gasteiger partial charge on any atom is 0.343 e. The lowest BCUT2D eigenvalue weighted by molar-refractivity contribution is -0.384. The summed E-state index contributed by atoms with van der Waals surface area (Å²) in [6, 6.07) is 19.8. The number of nitro benzene ring substituents is 1. The minimum absolute atomic E-state index is 0.121. The second-order valence-electron chi connectivity index (χ2n) is 7.22. The maximum atomic E-state index is 12.8. The average Bonchev–Trinajstić information content (AvgIpc) is 3.10. The Balaban J connectivity index is 1.76. The molecule has 3 aromatic carbocycles. The van der Waals surface area contributed by atoms with Crippen molar-refractivity contribution in [1.29, 1.82) is 0 Å². The minimum Gasteiger partial charge on any atom is -0.462 e. The van der Waals surface area contributed by atoms with E-state index in [9.17, 15) is 19.7 Å². The van der Waals surface area contributed by atoms with Crippen molar-refractivity contribution in [2.75, 3.05) is 6.61 Å². The molecule has 0 bridgehead atoms. The van der Waals surface area contributed by atoms with Gasteiger partial charge in [-0.1, -0.05) is 18.2 Å². The molecule has 0 aliphatic rings. The van der Waals surface area contributed by atoms with E-state index in [-0.39, 0.29) is 23.6 Å². The fraction of sp³-hybridized carbons (Fsp3) is 0.120. The number of nitrogens with zero attached hydrogens (tertiary/aromatic N) is 2. The molecule has 0 spiro atoms. The highest BCUT2D eigenvalue weighted by molar-refractivity contribution is 6.07. The van der Waals surface area contributed by atoms with Crippen molar-refractivity contribution < 1.29 is 24.0 Å². The van der Waals surface area contributed by atoms with Crippen molar-refractivity contribution in [3.63, 3.8) is 0 Å². The molecule has 33 heavy (non-hydrogen) atoms. The standard InChI is InChI=1S/C25H20N2O6/c1-3-32-25(29)23-16(2)26(18-7-5-4-6-8-18)22-14-13-20(15-21(22)23)33-24(28)17-9-11-19(12-10-17)27(30)31/h4-15H,3H2,1-2H3. The van der Waals surface area contributed by atoms with E-state index in [0.29, 0.717) is 16.6 Å². The number of carbonyl (C=O) groups excluding carboxylic acids is 2. The molecule has 0 amide bonds. The monoisotopic (exact) mass is 444 g/mol. The van der Waals surface area contributed by atoms with Gasteiger partial charge in [0.05, 0.1) is 28.2 Å². The molecule has 4 rings (SSSR count). The van der Waals surface area contributed by atoms with Crippen LogP contribution in [0.1, 0.15) is 33.3 Å². The molecule has 0 N–H and O–H groups in total. The van der Waals surface area contributed by atoms with Gasteiger partial charge in [0.2, 0.25) is 0 Å². The first-order valence-electron chi connectivity index (χ1n) is 10.2. The normalized spacial score (nSPS) is 10.7. The van der Waals surface area contributed by atoms with Crippen LogP contribution in [0.15, 0.2) is 72.8 Å². The largest absolute Gasteiger partial charge is 0.462 e. The van der Waals surface area contributed by atoms with Crippen molar-refractivity contribution in [2.24, 2.45) is 0 Å². The number of para-hydroxylation sites is 1. The van der Waals surface area contributed by atoms with Crippen LogP contribution in [-0.4, -0.2) is 28.0 Å². The number of benzene rings is 3. The molecule has 8 nitrogen and oxygen atoms in total. The second-order valence-corrected chi connectivity index (χ2v) is 7.22. The van der Waals surface area contributed by atoms with Crippen LogP contribution in [-0.2, 0) is 4.74 Å². The summed E-state index contributed by atoms with van der Waals surface area (Å²) in [5, 5.41) is 11.4. The number of fused-ring (bicyclic) bond motifs is 1. The van der Waals surface area contributed by atoms with Gasteiger partial charge < -0.3 is 14.0 Å². The zero-order chi connectivity index (χ0) is 23.5. The Hall–Kier alpha value is -4.46. The topological polar surface area (TPSA) is 101 Å². The van der Waals surface area contributed by atoms with E-state index in [1.807, 2.05) is 41.8 Å². The summed E-state index contributed by atoms with van der Waals surface area (Å²) in [5.41, 5.74) is 2.79. The van der Waals surface area contributed by atoms with Gasteiger partial charge in [-0.25, -0.2) is 9.59 Å². The van der Waals surface area contributed by atoms with Gasteiger partial charge in [0.25, 0.3) is 5.69 Å². The molecule has 0 fully saturated rings. The van der Waals surface area contributed by atoms with Crippen molar-refractivity contribution in [1.82, 2.24) is 4.57 Å². The zero-order valence-corrected chi connectivity index (χ0v) is 18.0. The molecule has 1 heterocycles. The first-order chi connectivity index (χ1) is 15.9. The van der Waals surface area contributed by atoms with Gasteiger partial charge in [0.1, 0.15) is 5.75 Å². The second kappa shape index (κ2) is 8.96. The lowest BCUT2D eigenvalue weighted by Crippen LogP contribution is -2.08. The van der Waals surface area contributed by atoms with E-state index >= 15 is 0 Å². The number of non-ortho nitro benzene ring substituents is 1. The number of esters is 2. The molecular formula is C25H20N2O6. The number of hydrogen-bond acceptors (Lipinski definition) is 6. The van der Waals surface area contributed by atoms with Crippen molar-refractivity contribution in [3.05, 3.63) is 99.7 Å². The number of carbonyl (C=O) groups is 2. The van der Waals surface area contributed by atoms with Crippen LogP contribution < -0.4 is 4.74 Å². The van der Waals surface area contributed by atoms with Crippen LogP contribution in [0, 0.1) is 17.0 Å². The SMILES string of the molecule is CCOC(=O)c1c(C)n(-c2ccccc2)c2ccc(OC(=O)c3ccc([N+](=O)[O-])cc3)cc12. The number of rotatable bonds is 6. The van der Waals surface area contributed by atoms with Gasteiger partial charge in [-0.2, -0.15) is 0 Å². The predicted octanol–water partition coefficient (Wildman–Crippen LogP) is 5.24. The minimum atomic E-state index is -0.666. The summed E-state index contributed by atoms with van der Waals surface area (Å²) in [6.07, 6.45) is 0. The van der Waals surface area contributed by atoms with Gasteiger partial charge in [-0.15, -0.1) is 0 Å². The molecule has 0 aliphatic carbocycles. The van der Waals surface area contributed by atoms with Crippen LogP contribution in [0.2, 0.25) is 0 Å². The van der Waals surface area contributed by atoms with E-state index in [1.54, 1.807) is 25.1 Å². The molecule has 0 saturated carbocycles. The molecule has 1 aromatic heterocycles. The van der Waals surface area contributed by atoms with Crippen molar-refractivity contribution in [2.45, 2.75) is 13.8 Å². The summed E-state index contributed by atoms with van der Waals surface area (Å²) in [5.74, 6) is -0.892. The van der Waals surface area contributed by atoms with Crippen LogP contribution >= 0.6 is 0 Å². The lowest BCUT2D eigenvalue weighted by Gasteiger charge is -2.09. The molecule has 166 valence electrons. The van der Waals surface area contributed by atoms with Gasteiger partial charge in [0, 0.05) is 28.9 Å². The fourth-order valence-electron chi connectivity index (χ4n) is 3.72. The maximum absolute atomic E-state index is 12.8. The highest BCUT2D eigenvalue weighted by Crippen LogP contribution is 2.33. The number of ether oxygens (including phenoxy) is 2. The third kappa shape index (κ3) is 4.18. The Morgan fingerprint density at radius 1 is 0.970 bits per heavy atom. The molecule has 8 heteroatoms. The molecule has 4 aromatic rings. The third-order valence-electron chi connectivity index (χ3n) is 5.19. The van der Waals surface area contributed by atoms with E-state index in [2.05, 4.69) is 0 Å². The van der Waals surface area contributed by atoms with E-state index in [4.69, 9.17) is 9.47 Å². The van der Waals surface area contributed by atoms with Crippen molar-refractivity contribution >= 4 is 28.5 Å². The quantitative estimate of drug-likeness (QED) is 0.174. The Morgan fingerprint density at radius 3 is 2.30 bits per heavy atom. The Labute approximate surface area is 189 Å². The summed E-state index contributed by atoms with van der Waals surface area (Å²) in [7, 11) is 0. The molecule has 0 unspecified atom stereocenters. The summed E-state index contributed by atoms with van der Waals surface area (Å²) < 4.78 is 12.7. The van der Waals surface area contributed by atoms with Gasteiger partial charge >= 0.3 is 11.9 Å². The van der Waals surface area contributed by atoms with E-state index in [0.717, 1.165) is 11.2 Å². The smallest absolute Gasteiger partial charge is 0.343 e. The van der Waals surface area contributed by atoms with Crippen molar-refractivity contribution in [3.8, 4) is 11.4 Å². The average molecular weight is 444 g/mol. The van der Waals surface area contributed by atoms with Gasteiger partial charge in [-0.05, 0) is 56.3 Å². The summed E-state index contributed by atoms with van der Waals surface area (Å²) >= 11 is 0. The first-order valence-corrected chi connectivity index (χ1v) is 10.2. The molecule has 0 aliphatic heterocycles. The van der Waals surface area contributed by atoms with Crippen LogP contribution in [0.3, 0.4) is 0 Å². The molecule has 0 radical (unpaired) electrons. The number of hydrogen-bond donors (Lipinski definition) is 0. The van der Waals surface area contributed by atoms with E-state index in [1.165, 1.54) is 24.3 Å². The molecule has 0 atom stereocenters. The third-order valence-corrected chi connectivity index (χ3v) is 5.19. The van der Waals surface area contributed by atoms with Crippen LogP contribution in [0.5, 0.6) is 5.75 Å².